The number of thiophene rings is 1. The number of hydrogen-bond donors (Lipinski definition) is 0. The third kappa shape index (κ3) is 2.58. The smallest absolute Gasteiger partial charge is 0.260 e. The average molecular weight is 318 g/mol. The quantitative estimate of drug-likeness (QED) is 0.870. The Labute approximate surface area is 134 Å². The lowest BCUT2D eigenvalue weighted by molar-refractivity contribution is 0.0726. The maximum atomic E-state index is 12.9. The maximum absolute atomic E-state index is 12.9. The molecule has 0 aliphatic carbocycles. The Kier molecular flexibility index (Phi) is 4.34. The second-order valence-electron chi connectivity index (χ2n) is 5.94. The summed E-state index contributed by atoms with van der Waals surface area (Å²) < 4.78 is 2.65. The van der Waals surface area contributed by atoms with E-state index in [1.807, 2.05) is 24.1 Å². The average Bonchev–Trinajstić information content (AvgIpc) is 2.87. The van der Waals surface area contributed by atoms with Gasteiger partial charge in [-0.05, 0) is 38.7 Å². The second kappa shape index (κ2) is 6.24. The van der Waals surface area contributed by atoms with Gasteiger partial charge in [0, 0.05) is 35.4 Å². The lowest BCUT2D eigenvalue weighted by Gasteiger charge is -2.26. The number of likely N-dealkylation sites (tertiary alicyclic amines) is 1. The first kappa shape index (κ1) is 15.3. The van der Waals surface area contributed by atoms with Crippen molar-refractivity contribution in [2.75, 3.05) is 13.1 Å². The van der Waals surface area contributed by atoms with Crippen LogP contribution in [0.25, 0.3) is 10.1 Å². The van der Waals surface area contributed by atoms with Crippen molar-refractivity contribution in [3.63, 3.8) is 0 Å². The summed E-state index contributed by atoms with van der Waals surface area (Å²) in [6.07, 6.45) is 6.07. The molecular formula is C17H22N2O2S. The molecule has 0 aromatic carbocycles. The van der Waals surface area contributed by atoms with Crippen molar-refractivity contribution in [3.05, 3.63) is 33.1 Å². The predicted molar refractivity (Wildman–Crippen MR) is 90.9 cm³/mol. The van der Waals surface area contributed by atoms with Crippen LogP contribution in [0.15, 0.2) is 17.1 Å². The van der Waals surface area contributed by atoms with Gasteiger partial charge in [-0.2, -0.15) is 0 Å². The van der Waals surface area contributed by atoms with Gasteiger partial charge in [0.1, 0.15) is 0 Å². The summed E-state index contributed by atoms with van der Waals surface area (Å²) in [5, 5.41) is 0.619. The molecule has 118 valence electrons. The molecule has 1 saturated heterocycles. The summed E-state index contributed by atoms with van der Waals surface area (Å²) in [6.45, 7) is 6.32. The lowest BCUT2D eigenvalue weighted by atomic mass is 10.1. The normalized spacial score (nSPS) is 15.5. The summed E-state index contributed by atoms with van der Waals surface area (Å²) in [6, 6.07) is 1.97. The van der Waals surface area contributed by atoms with Gasteiger partial charge in [0.25, 0.3) is 11.5 Å². The van der Waals surface area contributed by atoms with Crippen LogP contribution in [0.2, 0.25) is 0 Å². The van der Waals surface area contributed by atoms with Crippen LogP contribution in [0.3, 0.4) is 0 Å². The third-order valence-corrected chi connectivity index (χ3v) is 5.38. The van der Waals surface area contributed by atoms with Crippen LogP contribution in [0.5, 0.6) is 0 Å². The molecule has 1 fully saturated rings. The van der Waals surface area contributed by atoms with E-state index < -0.39 is 0 Å². The van der Waals surface area contributed by atoms with Crippen LogP contribution in [0.4, 0.5) is 0 Å². The molecule has 1 aliphatic rings. The molecule has 1 aliphatic heterocycles. The van der Waals surface area contributed by atoms with Gasteiger partial charge in [-0.25, -0.2) is 0 Å². The number of nitrogens with zero attached hydrogens (tertiary/aromatic N) is 2. The highest BCUT2D eigenvalue weighted by Gasteiger charge is 2.25. The van der Waals surface area contributed by atoms with E-state index in [1.54, 1.807) is 15.9 Å². The van der Waals surface area contributed by atoms with Crippen molar-refractivity contribution in [3.8, 4) is 0 Å². The standard InChI is InChI=1S/C17H22N2O2S/c1-3-8-18-11-7-13-15(17(18)21)14(12(2)22-13)16(20)19-9-5-4-6-10-19/h7,11H,3-6,8-10H2,1-2H3. The minimum atomic E-state index is -0.0240. The highest BCUT2D eigenvalue weighted by Crippen LogP contribution is 2.30. The van der Waals surface area contributed by atoms with E-state index >= 15 is 0 Å². The van der Waals surface area contributed by atoms with Gasteiger partial charge in [-0.1, -0.05) is 6.92 Å². The van der Waals surface area contributed by atoms with Crippen molar-refractivity contribution in [1.82, 2.24) is 9.47 Å². The fourth-order valence-electron chi connectivity index (χ4n) is 3.19. The zero-order chi connectivity index (χ0) is 15.7. The molecule has 0 unspecified atom stereocenters. The second-order valence-corrected chi connectivity index (χ2v) is 7.20. The summed E-state index contributed by atoms with van der Waals surface area (Å²) in [5.74, 6) is 0.0369. The fourth-order valence-corrected chi connectivity index (χ4v) is 4.24. The first-order valence-electron chi connectivity index (χ1n) is 8.05. The molecule has 3 heterocycles. The molecule has 3 rings (SSSR count). The van der Waals surface area contributed by atoms with Gasteiger partial charge in [0.05, 0.1) is 10.9 Å². The minimum Gasteiger partial charge on any atom is -0.339 e. The molecule has 2 aromatic rings. The van der Waals surface area contributed by atoms with Gasteiger partial charge in [0.15, 0.2) is 0 Å². The number of aryl methyl sites for hydroxylation is 2. The monoisotopic (exact) mass is 318 g/mol. The van der Waals surface area contributed by atoms with E-state index in [0.29, 0.717) is 17.5 Å². The van der Waals surface area contributed by atoms with Gasteiger partial charge in [0.2, 0.25) is 0 Å². The number of hydrogen-bond acceptors (Lipinski definition) is 3. The largest absolute Gasteiger partial charge is 0.339 e. The van der Waals surface area contributed by atoms with Crippen molar-refractivity contribution < 1.29 is 4.79 Å². The van der Waals surface area contributed by atoms with E-state index in [9.17, 15) is 9.59 Å². The van der Waals surface area contributed by atoms with Crippen molar-refractivity contribution in [1.29, 1.82) is 0 Å². The summed E-state index contributed by atoms with van der Waals surface area (Å²) in [5.41, 5.74) is 0.612. The molecule has 2 aromatic heterocycles. The van der Waals surface area contributed by atoms with E-state index in [-0.39, 0.29) is 11.5 Å². The van der Waals surface area contributed by atoms with Crippen LogP contribution in [0, 0.1) is 6.92 Å². The van der Waals surface area contributed by atoms with Crippen LogP contribution in [-0.4, -0.2) is 28.5 Å². The van der Waals surface area contributed by atoms with Crippen LogP contribution in [0.1, 0.15) is 47.8 Å². The Morgan fingerprint density at radius 2 is 2.00 bits per heavy atom. The Balaban J connectivity index is 2.11. The van der Waals surface area contributed by atoms with Crippen LogP contribution < -0.4 is 5.56 Å². The topological polar surface area (TPSA) is 42.3 Å². The SMILES string of the molecule is CCCn1ccc2sc(C)c(C(=O)N3CCCCC3)c2c1=O. The van der Waals surface area contributed by atoms with E-state index in [2.05, 4.69) is 6.92 Å². The van der Waals surface area contributed by atoms with E-state index in [1.165, 1.54) is 6.42 Å². The Morgan fingerprint density at radius 1 is 1.27 bits per heavy atom. The Bertz CT molecular complexity index is 754. The zero-order valence-electron chi connectivity index (χ0n) is 13.2. The summed E-state index contributed by atoms with van der Waals surface area (Å²) >= 11 is 1.55. The number of pyridine rings is 1. The molecule has 4 nitrogen and oxygen atoms in total. The fraction of sp³-hybridized carbons (Fsp3) is 0.529. The molecule has 1 amide bonds. The molecule has 22 heavy (non-hydrogen) atoms. The van der Waals surface area contributed by atoms with Gasteiger partial charge in [-0.15, -0.1) is 11.3 Å². The maximum Gasteiger partial charge on any atom is 0.260 e. The number of carbonyl (C=O) groups excluding carboxylic acids is 1. The highest BCUT2D eigenvalue weighted by molar-refractivity contribution is 7.19. The summed E-state index contributed by atoms with van der Waals surface area (Å²) in [4.78, 5) is 28.5. The van der Waals surface area contributed by atoms with Gasteiger partial charge < -0.3 is 9.47 Å². The van der Waals surface area contributed by atoms with E-state index in [0.717, 1.165) is 41.9 Å². The number of aromatic nitrogens is 1. The molecule has 0 atom stereocenters. The van der Waals surface area contributed by atoms with Crippen molar-refractivity contribution >= 4 is 27.3 Å². The third-order valence-electron chi connectivity index (χ3n) is 4.31. The Morgan fingerprint density at radius 3 is 2.68 bits per heavy atom. The number of rotatable bonds is 3. The van der Waals surface area contributed by atoms with Crippen molar-refractivity contribution in [2.45, 2.75) is 46.1 Å². The molecule has 0 radical (unpaired) electrons. The number of carbonyl (C=O) groups is 1. The molecule has 0 spiro atoms. The minimum absolute atomic E-state index is 0.0240. The number of piperidine rings is 1. The molecule has 5 heteroatoms. The lowest BCUT2D eigenvalue weighted by Crippen LogP contribution is -2.36. The first-order chi connectivity index (χ1) is 10.6. The molecular weight excluding hydrogens is 296 g/mol. The zero-order valence-corrected chi connectivity index (χ0v) is 14.0. The first-order valence-corrected chi connectivity index (χ1v) is 8.87. The number of amides is 1. The molecule has 0 saturated carbocycles. The molecule has 0 bridgehead atoms. The van der Waals surface area contributed by atoms with Gasteiger partial charge >= 0.3 is 0 Å². The van der Waals surface area contributed by atoms with Crippen molar-refractivity contribution in [2.24, 2.45) is 0 Å². The van der Waals surface area contributed by atoms with Crippen LogP contribution >= 0.6 is 11.3 Å². The predicted octanol–water partition coefficient (Wildman–Crippen LogP) is 3.41. The van der Waals surface area contributed by atoms with E-state index in [4.69, 9.17) is 0 Å². The molecule has 0 N–H and O–H groups in total. The summed E-state index contributed by atoms with van der Waals surface area (Å²) in [7, 11) is 0. The van der Waals surface area contributed by atoms with Gasteiger partial charge in [-0.3, -0.25) is 9.59 Å². The highest BCUT2D eigenvalue weighted by atomic mass is 32.1. The number of fused-ring (bicyclic) bond motifs is 1. The Hall–Kier alpha value is -1.62. The van der Waals surface area contributed by atoms with Crippen LogP contribution in [-0.2, 0) is 6.54 Å².